The molecule has 26 heavy (non-hydrogen) atoms. The van der Waals surface area contributed by atoms with Gasteiger partial charge in [0, 0.05) is 32.2 Å². The van der Waals surface area contributed by atoms with Crippen molar-refractivity contribution in [2.24, 2.45) is 0 Å². The van der Waals surface area contributed by atoms with Crippen LogP contribution in [-0.2, 0) is 15.9 Å². The number of halogens is 1. The van der Waals surface area contributed by atoms with E-state index in [1.807, 2.05) is 25.7 Å². The van der Waals surface area contributed by atoms with Gasteiger partial charge in [0.05, 0.1) is 11.9 Å². The van der Waals surface area contributed by atoms with E-state index in [1.165, 1.54) is 6.07 Å². The molecule has 0 spiro atoms. The van der Waals surface area contributed by atoms with Crippen LogP contribution < -0.4 is 9.64 Å². The summed E-state index contributed by atoms with van der Waals surface area (Å²) in [4.78, 5) is 15.6. The van der Waals surface area contributed by atoms with E-state index in [1.54, 1.807) is 23.3 Å². The summed E-state index contributed by atoms with van der Waals surface area (Å²) in [7, 11) is 0. The van der Waals surface area contributed by atoms with E-state index in [0.29, 0.717) is 43.4 Å². The second kappa shape index (κ2) is 8.81. The molecular weight excluding hydrogens is 359 g/mol. The van der Waals surface area contributed by atoms with Gasteiger partial charge in [-0.1, -0.05) is 11.2 Å². The second-order valence-electron chi connectivity index (χ2n) is 7.19. The van der Waals surface area contributed by atoms with Gasteiger partial charge < -0.3 is 23.8 Å². The van der Waals surface area contributed by atoms with Crippen LogP contribution in [0.25, 0.3) is 0 Å². The summed E-state index contributed by atoms with van der Waals surface area (Å²) in [5.41, 5.74) is -0.0409. The lowest BCUT2D eigenvalue weighted by molar-refractivity contribution is 0.0240. The average Bonchev–Trinajstić information content (AvgIpc) is 2.53. The van der Waals surface area contributed by atoms with Crippen LogP contribution in [0.15, 0.2) is 18.2 Å². The molecule has 1 amide bonds. The molecule has 1 aromatic rings. The first-order chi connectivity index (χ1) is 12.2. The molecule has 1 unspecified atom stereocenters. The summed E-state index contributed by atoms with van der Waals surface area (Å²) >= 11 is -0.936. The van der Waals surface area contributed by atoms with E-state index in [2.05, 4.69) is 0 Å². The summed E-state index contributed by atoms with van der Waals surface area (Å²) < 4.78 is 36.2. The Morgan fingerprint density at radius 1 is 1.27 bits per heavy atom. The standard InChI is InChI=1S/C18H27FN2O4S/c1-18(2,3)25-17(22)21-9-7-20(8-10-21)16-6-5-14(13-15(16)19)24-11-12-26(4)23/h5-6,13H,7-12H2,1-4H3. The summed E-state index contributed by atoms with van der Waals surface area (Å²) in [6, 6.07) is 4.72. The molecule has 1 saturated heterocycles. The Labute approximate surface area is 157 Å². The van der Waals surface area contributed by atoms with Gasteiger partial charge >= 0.3 is 6.09 Å². The number of amides is 1. The van der Waals surface area contributed by atoms with Gasteiger partial charge in [0.15, 0.2) is 0 Å². The molecule has 8 heteroatoms. The molecule has 1 aromatic carbocycles. The predicted molar refractivity (Wildman–Crippen MR) is 101 cm³/mol. The SMILES string of the molecule is C[S+]([O-])CCOc1ccc(N2CCN(C(=O)OC(C)(C)C)CC2)c(F)c1. The number of carbonyl (C=O) groups is 1. The third-order valence-corrected chi connectivity index (χ3v) is 4.57. The van der Waals surface area contributed by atoms with E-state index in [4.69, 9.17) is 9.47 Å². The van der Waals surface area contributed by atoms with Crippen LogP contribution in [0.1, 0.15) is 20.8 Å². The zero-order chi connectivity index (χ0) is 19.3. The number of rotatable bonds is 5. The maximum atomic E-state index is 14.4. The van der Waals surface area contributed by atoms with Crippen LogP contribution in [-0.4, -0.2) is 65.9 Å². The Balaban J connectivity index is 1.89. The molecular formula is C18H27FN2O4S. The zero-order valence-electron chi connectivity index (χ0n) is 15.8. The van der Waals surface area contributed by atoms with Crippen molar-refractivity contribution in [3.05, 3.63) is 24.0 Å². The number of piperazine rings is 1. The molecule has 146 valence electrons. The van der Waals surface area contributed by atoms with E-state index >= 15 is 0 Å². The first-order valence-electron chi connectivity index (χ1n) is 8.61. The van der Waals surface area contributed by atoms with Crippen molar-refractivity contribution in [1.29, 1.82) is 0 Å². The fraction of sp³-hybridized carbons (Fsp3) is 0.611. The minimum Gasteiger partial charge on any atom is -0.616 e. The monoisotopic (exact) mass is 386 g/mol. The zero-order valence-corrected chi connectivity index (χ0v) is 16.6. The lowest BCUT2D eigenvalue weighted by Crippen LogP contribution is -2.50. The molecule has 0 aromatic heterocycles. The molecule has 0 saturated carbocycles. The molecule has 2 rings (SSSR count). The average molecular weight is 386 g/mol. The van der Waals surface area contributed by atoms with E-state index in [-0.39, 0.29) is 18.5 Å². The first-order valence-corrected chi connectivity index (χ1v) is 10.3. The number of ether oxygens (including phenoxy) is 2. The third-order valence-electron chi connectivity index (χ3n) is 3.83. The van der Waals surface area contributed by atoms with Gasteiger partial charge in [0.25, 0.3) is 0 Å². The summed E-state index contributed by atoms with van der Waals surface area (Å²) in [6.07, 6.45) is 1.26. The van der Waals surface area contributed by atoms with Crippen LogP contribution in [0, 0.1) is 5.82 Å². The third kappa shape index (κ3) is 6.25. The maximum absolute atomic E-state index is 14.4. The minimum absolute atomic E-state index is 0.288. The Hall–Kier alpha value is -1.67. The number of hydrogen-bond acceptors (Lipinski definition) is 5. The molecule has 1 heterocycles. The van der Waals surface area contributed by atoms with Crippen LogP contribution in [0.4, 0.5) is 14.9 Å². The fourth-order valence-corrected chi connectivity index (χ4v) is 2.89. The molecule has 1 atom stereocenters. The lowest BCUT2D eigenvalue weighted by Gasteiger charge is -2.36. The Morgan fingerprint density at radius 2 is 1.92 bits per heavy atom. The lowest BCUT2D eigenvalue weighted by atomic mass is 10.2. The van der Waals surface area contributed by atoms with Crippen molar-refractivity contribution in [2.45, 2.75) is 26.4 Å². The molecule has 1 fully saturated rings. The molecule has 6 nitrogen and oxygen atoms in total. The smallest absolute Gasteiger partial charge is 0.410 e. The van der Waals surface area contributed by atoms with Crippen LogP contribution >= 0.6 is 0 Å². The van der Waals surface area contributed by atoms with Gasteiger partial charge in [-0.05, 0) is 32.9 Å². The molecule has 1 aliphatic heterocycles. The van der Waals surface area contributed by atoms with Crippen molar-refractivity contribution in [3.63, 3.8) is 0 Å². The number of carbonyl (C=O) groups excluding carboxylic acids is 1. The highest BCUT2D eigenvalue weighted by molar-refractivity contribution is 7.90. The fourth-order valence-electron chi connectivity index (χ4n) is 2.57. The Morgan fingerprint density at radius 3 is 2.46 bits per heavy atom. The van der Waals surface area contributed by atoms with E-state index < -0.39 is 16.8 Å². The van der Waals surface area contributed by atoms with Crippen molar-refractivity contribution < 1.29 is 23.2 Å². The van der Waals surface area contributed by atoms with Crippen molar-refractivity contribution in [2.75, 3.05) is 49.7 Å². The number of benzene rings is 1. The van der Waals surface area contributed by atoms with Gasteiger partial charge in [-0.15, -0.1) is 0 Å². The second-order valence-corrected chi connectivity index (χ2v) is 8.75. The molecule has 0 N–H and O–H groups in total. The van der Waals surface area contributed by atoms with Gasteiger partial charge in [0.2, 0.25) is 0 Å². The number of nitrogens with zero attached hydrogens (tertiary/aromatic N) is 2. The number of anilines is 1. The summed E-state index contributed by atoms with van der Waals surface area (Å²) in [5.74, 6) is 0.464. The first kappa shape index (κ1) is 20.6. The Kier molecular flexibility index (Phi) is 7.00. The molecule has 0 radical (unpaired) electrons. The van der Waals surface area contributed by atoms with Gasteiger partial charge in [-0.3, -0.25) is 0 Å². The summed E-state index contributed by atoms with van der Waals surface area (Å²) in [6.45, 7) is 7.81. The Bertz CT molecular complexity index is 614. The molecule has 0 bridgehead atoms. The highest BCUT2D eigenvalue weighted by atomic mass is 32.2. The highest BCUT2D eigenvalue weighted by Gasteiger charge is 2.26. The van der Waals surface area contributed by atoms with Gasteiger partial charge in [-0.25, -0.2) is 9.18 Å². The van der Waals surface area contributed by atoms with Crippen LogP contribution in [0.5, 0.6) is 5.75 Å². The van der Waals surface area contributed by atoms with Crippen LogP contribution in [0.3, 0.4) is 0 Å². The molecule has 1 aliphatic rings. The van der Waals surface area contributed by atoms with Crippen molar-refractivity contribution >= 4 is 23.0 Å². The van der Waals surface area contributed by atoms with Crippen molar-refractivity contribution in [1.82, 2.24) is 4.90 Å². The van der Waals surface area contributed by atoms with Crippen molar-refractivity contribution in [3.8, 4) is 5.75 Å². The predicted octanol–water partition coefficient (Wildman–Crippen LogP) is 2.64. The van der Waals surface area contributed by atoms with Gasteiger partial charge in [0.1, 0.15) is 29.5 Å². The normalized spacial score (nSPS) is 16.4. The summed E-state index contributed by atoms with van der Waals surface area (Å²) in [5, 5.41) is 0. The topological polar surface area (TPSA) is 65.1 Å². The van der Waals surface area contributed by atoms with Gasteiger partial charge in [-0.2, -0.15) is 0 Å². The van der Waals surface area contributed by atoms with E-state index in [9.17, 15) is 13.7 Å². The minimum atomic E-state index is -0.936. The maximum Gasteiger partial charge on any atom is 0.410 e. The van der Waals surface area contributed by atoms with Crippen LogP contribution in [0.2, 0.25) is 0 Å². The highest BCUT2D eigenvalue weighted by Crippen LogP contribution is 2.25. The quantitative estimate of drug-likeness (QED) is 0.728. The largest absolute Gasteiger partial charge is 0.616 e. The van der Waals surface area contributed by atoms with E-state index in [0.717, 1.165) is 0 Å². The number of hydrogen-bond donors (Lipinski definition) is 0. The molecule has 0 aliphatic carbocycles.